The van der Waals surface area contributed by atoms with Gasteiger partial charge in [0.05, 0.1) is 24.1 Å². The van der Waals surface area contributed by atoms with Crippen LogP contribution in [0, 0.1) is 5.82 Å². The van der Waals surface area contributed by atoms with Gasteiger partial charge in [-0.1, -0.05) is 24.3 Å². The number of methoxy groups -OCH3 is 1. The first kappa shape index (κ1) is 22.0. The summed E-state index contributed by atoms with van der Waals surface area (Å²) in [4.78, 5) is 11.2. The van der Waals surface area contributed by atoms with E-state index in [1.54, 1.807) is 0 Å². The van der Waals surface area contributed by atoms with E-state index in [0.717, 1.165) is 31.4 Å². The number of rotatable bonds is 5. The van der Waals surface area contributed by atoms with Gasteiger partial charge >= 0.3 is 12.1 Å². The molecule has 0 saturated carbocycles. The first-order valence-electron chi connectivity index (χ1n) is 8.72. The van der Waals surface area contributed by atoms with E-state index < -0.39 is 57.1 Å². The summed E-state index contributed by atoms with van der Waals surface area (Å²) in [5, 5.41) is 0. The van der Waals surface area contributed by atoms with E-state index in [9.17, 15) is 30.8 Å². The third-order valence-electron chi connectivity index (χ3n) is 4.60. The molecule has 0 radical (unpaired) electrons. The van der Waals surface area contributed by atoms with E-state index in [4.69, 9.17) is 4.74 Å². The number of hydrogen-bond donors (Lipinski definition) is 0. The molecule has 11 heteroatoms. The number of carbonyl (C=O) groups excluding carboxylic acids is 1. The van der Waals surface area contributed by atoms with E-state index in [2.05, 4.69) is 4.74 Å². The topological polar surface area (TPSA) is 72.9 Å². The van der Waals surface area contributed by atoms with Crippen molar-refractivity contribution in [3.8, 4) is 5.75 Å². The number of alkyl halides is 3. The molecule has 0 N–H and O–H groups in total. The number of ether oxygens (including phenoxy) is 2. The van der Waals surface area contributed by atoms with Gasteiger partial charge in [0, 0.05) is 6.42 Å². The van der Waals surface area contributed by atoms with Gasteiger partial charge in [-0.2, -0.15) is 17.5 Å². The Bertz CT molecular complexity index is 1040. The van der Waals surface area contributed by atoms with Crippen LogP contribution in [0.4, 0.5) is 17.6 Å². The molecule has 2 atom stereocenters. The normalized spacial score (nSPS) is 20.2. The predicted molar refractivity (Wildman–Crippen MR) is 96.6 cm³/mol. The number of halogens is 4. The summed E-state index contributed by atoms with van der Waals surface area (Å²) in [6.07, 6.45) is -6.11. The zero-order chi connectivity index (χ0) is 22.1. The van der Waals surface area contributed by atoms with Gasteiger partial charge in [-0.15, -0.1) is 0 Å². The molecule has 0 spiro atoms. The summed E-state index contributed by atoms with van der Waals surface area (Å²) >= 11 is 0. The fourth-order valence-electron chi connectivity index (χ4n) is 3.24. The largest absolute Gasteiger partial charge is 0.486 e. The Morgan fingerprint density at radius 2 is 1.73 bits per heavy atom. The highest BCUT2D eigenvalue weighted by atomic mass is 32.2. The quantitative estimate of drug-likeness (QED) is 0.520. The second kappa shape index (κ2) is 8.23. The Morgan fingerprint density at radius 3 is 2.37 bits per heavy atom. The minimum atomic E-state index is -4.92. The maximum atomic E-state index is 13.9. The Kier molecular flexibility index (Phi) is 6.04. The van der Waals surface area contributed by atoms with Crippen molar-refractivity contribution in [1.82, 2.24) is 4.31 Å². The van der Waals surface area contributed by atoms with Gasteiger partial charge in [-0.05, 0) is 24.3 Å². The van der Waals surface area contributed by atoms with Crippen LogP contribution in [-0.2, 0) is 25.7 Å². The van der Waals surface area contributed by atoms with Gasteiger partial charge in [0.25, 0.3) is 0 Å². The van der Waals surface area contributed by atoms with E-state index in [-0.39, 0.29) is 12.2 Å². The van der Waals surface area contributed by atoms with Crippen molar-refractivity contribution in [3.63, 3.8) is 0 Å². The molecule has 1 aliphatic heterocycles. The minimum absolute atomic E-state index is 0.166. The average molecular weight is 447 g/mol. The van der Waals surface area contributed by atoms with E-state index in [1.807, 2.05) is 0 Å². The van der Waals surface area contributed by atoms with Crippen LogP contribution >= 0.6 is 0 Å². The molecule has 1 heterocycles. The van der Waals surface area contributed by atoms with Gasteiger partial charge in [0.1, 0.15) is 12.1 Å². The standard InChI is InChI=1S/C19H17F4NO5S/c1-28-18(25)15-10-12(29-16-8-4-3-7-14(16)20)11-24(15)30(26,27)17-9-5-2-6-13(17)19(21,22)23/h2-9,12,15H,10-11H2,1H3/t12-,15-/m1/s1. The SMILES string of the molecule is COC(=O)[C@H]1C[C@@H](Oc2ccccc2F)CN1S(=O)(=O)c1ccccc1C(F)(F)F. The monoisotopic (exact) mass is 447 g/mol. The molecule has 1 aliphatic rings. The lowest BCUT2D eigenvalue weighted by Gasteiger charge is -2.23. The maximum Gasteiger partial charge on any atom is 0.417 e. The molecule has 6 nitrogen and oxygen atoms in total. The van der Waals surface area contributed by atoms with Crippen molar-refractivity contribution in [2.75, 3.05) is 13.7 Å². The van der Waals surface area contributed by atoms with E-state index >= 15 is 0 Å². The van der Waals surface area contributed by atoms with Crippen LogP contribution < -0.4 is 4.74 Å². The number of para-hydroxylation sites is 1. The number of carbonyl (C=O) groups is 1. The Hall–Kier alpha value is -2.66. The van der Waals surface area contributed by atoms with Crippen LogP contribution in [0.5, 0.6) is 5.75 Å². The second-order valence-electron chi connectivity index (χ2n) is 6.51. The third-order valence-corrected chi connectivity index (χ3v) is 6.53. The predicted octanol–water partition coefficient (Wildman–Crippen LogP) is 3.23. The molecule has 0 aliphatic carbocycles. The molecule has 162 valence electrons. The fraction of sp³-hybridized carbons (Fsp3) is 0.316. The molecule has 0 unspecified atom stereocenters. The Balaban J connectivity index is 1.98. The number of sulfonamides is 1. The maximum absolute atomic E-state index is 13.9. The van der Waals surface area contributed by atoms with Crippen LogP contribution in [-0.4, -0.2) is 44.5 Å². The summed E-state index contributed by atoms with van der Waals surface area (Å²) in [6.45, 7) is -0.456. The number of benzene rings is 2. The van der Waals surface area contributed by atoms with Crippen LogP contribution in [0.15, 0.2) is 53.4 Å². The summed E-state index contributed by atoms with van der Waals surface area (Å²) in [5.41, 5.74) is -1.35. The molecular formula is C19H17F4NO5S. The number of esters is 1. The molecular weight excluding hydrogens is 430 g/mol. The molecule has 0 amide bonds. The molecule has 2 aromatic rings. The lowest BCUT2D eigenvalue weighted by Crippen LogP contribution is -2.41. The molecule has 0 aromatic heterocycles. The molecule has 1 saturated heterocycles. The first-order chi connectivity index (χ1) is 14.1. The zero-order valence-electron chi connectivity index (χ0n) is 15.6. The van der Waals surface area contributed by atoms with Gasteiger partial charge in [0.15, 0.2) is 11.6 Å². The van der Waals surface area contributed by atoms with Crippen molar-refractivity contribution in [1.29, 1.82) is 0 Å². The summed E-state index contributed by atoms with van der Waals surface area (Å²) < 4.78 is 90.8. The Labute approximate surface area is 170 Å². The summed E-state index contributed by atoms with van der Waals surface area (Å²) in [6, 6.07) is 7.64. The van der Waals surface area contributed by atoms with Gasteiger partial charge in [-0.3, -0.25) is 4.79 Å². The van der Waals surface area contributed by atoms with E-state index in [1.165, 1.54) is 18.2 Å². The van der Waals surface area contributed by atoms with Gasteiger partial charge in [-0.25, -0.2) is 12.8 Å². The molecule has 3 rings (SSSR count). The van der Waals surface area contributed by atoms with E-state index in [0.29, 0.717) is 10.4 Å². The van der Waals surface area contributed by atoms with Crippen LogP contribution in [0.2, 0.25) is 0 Å². The van der Waals surface area contributed by atoms with Crippen molar-refractivity contribution in [2.45, 2.75) is 29.6 Å². The lowest BCUT2D eigenvalue weighted by atomic mass is 10.2. The lowest BCUT2D eigenvalue weighted by molar-refractivity contribution is -0.144. The highest BCUT2D eigenvalue weighted by Gasteiger charge is 2.48. The van der Waals surface area contributed by atoms with Crippen molar-refractivity contribution in [2.24, 2.45) is 0 Å². The summed E-state index contributed by atoms with van der Waals surface area (Å²) in [5.74, 6) is -1.82. The first-order valence-corrected chi connectivity index (χ1v) is 10.2. The van der Waals surface area contributed by atoms with Crippen LogP contribution in [0.1, 0.15) is 12.0 Å². The fourth-order valence-corrected chi connectivity index (χ4v) is 5.08. The average Bonchev–Trinajstić information content (AvgIpc) is 3.13. The molecule has 1 fully saturated rings. The molecule has 2 aromatic carbocycles. The van der Waals surface area contributed by atoms with Crippen molar-refractivity contribution < 1.29 is 40.2 Å². The highest BCUT2D eigenvalue weighted by molar-refractivity contribution is 7.89. The smallest absolute Gasteiger partial charge is 0.417 e. The second-order valence-corrected chi connectivity index (χ2v) is 8.37. The van der Waals surface area contributed by atoms with Gasteiger partial charge in [0.2, 0.25) is 10.0 Å². The van der Waals surface area contributed by atoms with Crippen LogP contribution in [0.3, 0.4) is 0 Å². The van der Waals surface area contributed by atoms with Gasteiger partial charge < -0.3 is 9.47 Å². The number of nitrogens with zero attached hydrogens (tertiary/aromatic N) is 1. The van der Waals surface area contributed by atoms with Crippen molar-refractivity contribution >= 4 is 16.0 Å². The zero-order valence-corrected chi connectivity index (χ0v) is 16.4. The Morgan fingerprint density at radius 1 is 1.10 bits per heavy atom. The third kappa shape index (κ3) is 4.26. The minimum Gasteiger partial charge on any atom is -0.486 e. The summed E-state index contributed by atoms with van der Waals surface area (Å²) in [7, 11) is -3.72. The highest BCUT2D eigenvalue weighted by Crippen LogP contribution is 2.37. The number of hydrogen-bond acceptors (Lipinski definition) is 5. The molecule has 0 bridgehead atoms. The van der Waals surface area contributed by atoms with Crippen LogP contribution in [0.25, 0.3) is 0 Å². The van der Waals surface area contributed by atoms with Crippen molar-refractivity contribution in [3.05, 3.63) is 59.9 Å². The molecule has 30 heavy (non-hydrogen) atoms.